The molecule has 1 atom stereocenters. The zero-order chi connectivity index (χ0) is 16.0. The Bertz CT molecular complexity index is 440. The minimum absolute atomic E-state index is 0.146. The lowest BCUT2D eigenvalue weighted by Gasteiger charge is -2.28. The predicted molar refractivity (Wildman–Crippen MR) is 89.2 cm³/mol. The van der Waals surface area contributed by atoms with Crippen molar-refractivity contribution in [1.82, 2.24) is 4.90 Å². The molecule has 0 heterocycles. The minimum atomic E-state index is -0.146. The van der Waals surface area contributed by atoms with E-state index in [9.17, 15) is 4.79 Å². The van der Waals surface area contributed by atoms with Crippen molar-refractivity contribution in [3.63, 3.8) is 0 Å². The van der Waals surface area contributed by atoms with Gasteiger partial charge in [0.2, 0.25) is 5.91 Å². The molecule has 0 aliphatic carbocycles. The molecular weight excluding hydrogens is 260 g/mol. The number of nitrogens with zero attached hydrogens (tertiary/aromatic N) is 1. The van der Waals surface area contributed by atoms with E-state index in [0.29, 0.717) is 12.3 Å². The minimum Gasteiger partial charge on any atom is -0.346 e. The summed E-state index contributed by atoms with van der Waals surface area (Å²) in [5.74, 6) is 0.633. The van der Waals surface area contributed by atoms with Crippen molar-refractivity contribution in [2.75, 3.05) is 13.6 Å². The normalized spacial score (nSPS) is 13.3. The largest absolute Gasteiger partial charge is 0.346 e. The lowest BCUT2D eigenvalue weighted by molar-refractivity contribution is -0.131. The average Bonchev–Trinajstić information content (AvgIpc) is 2.44. The van der Waals surface area contributed by atoms with Crippen LogP contribution in [0.3, 0.4) is 0 Å². The summed E-state index contributed by atoms with van der Waals surface area (Å²) in [6.45, 7) is 9.20. The van der Waals surface area contributed by atoms with Crippen LogP contribution in [0.4, 0.5) is 0 Å². The monoisotopic (exact) mass is 290 g/mol. The maximum Gasteiger partial charge on any atom is 0.223 e. The third kappa shape index (κ3) is 5.50. The van der Waals surface area contributed by atoms with Gasteiger partial charge in [0.25, 0.3) is 0 Å². The van der Waals surface area contributed by atoms with Crippen molar-refractivity contribution in [1.29, 1.82) is 0 Å². The second-order valence-corrected chi connectivity index (χ2v) is 6.94. The summed E-state index contributed by atoms with van der Waals surface area (Å²) in [6, 6.07) is 10.4. The fourth-order valence-electron chi connectivity index (χ4n) is 2.31. The van der Waals surface area contributed by atoms with Crippen LogP contribution in [0.15, 0.2) is 30.3 Å². The quantitative estimate of drug-likeness (QED) is 0.838. The van der Waals surface area contributed by atoms with E-state index in [0.717, 1.165) is 13.0 Å². The Morgan fingerprint density at radius 3 is 2.33 bits per heavy atom. The lowest BCUT2D eigenvalue weighted by Crippen LogP contribution is -2.37. The van der Waals surface area contributed by atoms with Crippen molar-refractivity contribution in [3.05, 3.63) is 35.9 Å². The van der Waals surface area contributed by atoms with E-state index in [1.54, 1.807) is 0 Å². The number of hydrogen-bond donors (Lipinski definition) is 1. The van der Waals surface area contributed by atoms with Crippen LogP contribution in [0, 0.1) is 5.92 Å². The first kappa shape index (κ1) is 17.7. The second kappa shape index (κ2) is 7.60. The van der Waals surface area contributed by atoms with Gasteiger partial charge in [0.1, 0.15) is 0 Å². The number of carbonyl (C=O) groups is 1. The van der Waals surface area contributed by atoms with Gasteiger partial charge in [-0.15, -0.1) is 0 Å². The standard InChI is InChI=1S/C18H30N2O/c1-14(2)16(19)11-12-20(5)17(21)13-18(3,4)15-9-7-6-8-10-15/h6-10,14,16H,11-13,19H2,1-5H3. The number of amides is 1. The smallest absolute Gasteiger partial charge is 0.223 e. The number of nitrogens with two attached hydrogens (primary N) is 1. The molecule has 1 rings (SSSR count). The summed E-state index contributed by atoms with van der Waals surface area (Å²) in [5.41, 5.74) is 7.10. The van der Waals surface area contributed by atoms with Gasteiger partial charge in [-0.25, -0.2) is 0 Å². The molecule has 0 aromatic heterocycles. The molecule has 0 spiro atoms. The highest BCUT2D eigenvalue weighted by Gasteiger charge is 2.25. The first-order valence-electron chi connectivity index (χ1n) is 7.79. The van der Waals surface area contributed by atoms with Crippen molar-refractivity contribution < 1.29 is 4.79 Å². The molecule has 0 bridgehead atoms. The SMILES string of the molecule is CC(C)C(N)CCN(C)C(=O)CC(C)(C)c1ccccc1. The van der Waals surface area contributed by atoms with Gasteiger partial charge in [0.15, 0.2) is 0 Å². The van der Waals surface area contributed by atoms with Crippen LogP contribution in [0.1, 0.15) is 46.1 Å². The van der Waals surface area contributed by atoms with E-state index >= 15 is 0 Å². The molecular formula is C18H30N2O. The van der Waals surface area contributed by atoms with Gasteiger partial charge >= 0.3 is 0 Å². The van der Waals surface area contributed by atoms with E-state index in [2.05, 4.69) is 39.8 Å². The molecule has 1 aromatic carbocycles. The van der Waals surface area contributed by atoms with Crippen LogP contribution < -0.4 is 5.73 Å². The van der Waals surface area contributed by atoms with Gasteiger partial charge in [-0.2, -0.15) is 0 Å². The van der Waals surface area contributed by atoms with Crippen LogP contribution in [0.25, 0.3) is 0 Å². The number of hydrogen-bond acceptors (Lipinski definition) is 2. The van der Waals surface area contributed by atoms with E-state index < -0.39 is 0 Å². The Labute approximate surface area is 129 Å². The summed E-state index contributed by atoms with van der Waals surface area (Å²) in [7, 11) is 1.87. The van der Waals surface area contributed by atoms with Gasteiger partial charge in [0.05, 0.1) is 0 Å². The topological polar surface area (TPSA) is 46.3 Å². The molecule has 1 aromatic rings. The lowest BCUT2D eigenvalue weighted by atomic mass is 9.81. The van der Waals surface area contributed by atoms with Gasteiger partial charge in [-0.05, 0) is 23.3 Å². The van der Waals surface area contributed by atoms with Crippen molar-refractivity contribution in [3.8, 4) is 0 Å². The molecule has 1 amide bonds. The van der Waals surface area contributed by atoms with E-state index in [4.69, 9.17) is 5.73 Å². The molecule has 0 radical (unpaired) electrons. The first-order chi connectivity index (χ1) is 9.74. The molecule has 0 fully saturated rings. The van der Waals surface area contributed by atoms with Crippen molar-refractivity contribution >= 4 is 5.91 Å². The maximum atomic E-state index is 12.4. The molecule has 0 saturated heterocycles. The summed E-state index contributed by atoms with van der Waals surface area (Å²) < 4.78 is 0. The van der Waals surface area contributed by atoms with Crippen molar-refractivity contribution in [2.24, 2.45) is 11.7 Å². The number of benzene rings is 1. The molecule has 3 nitrogen and oxygen atoms in total. The third-order valence-corrected chi connectivity index (χ3v) is 4.23. The molecule has 118 valence electrons. The van der Waals surface area contributed by atoms with Crippen LogP contribution in [0.5, 0.6) is 0 Å². The fourth-order valence-corrected chi connectivity index (χ4v) is 2.31. The van der Waals surface area contributed by atoms with Gasteiger partial charge in [-0.1, -0.05) is 58.0 Å². The molecule has 0 saturated carbocycles. The average molecular weight is 290 g/mol. The van der Waals surface area contributed by atoms with Gasteiger partial charge in [-0.3, -0.25) is 4.79 Å². The highest BCUT2D eigenvalue weighted by Crippen LogP contribution is 2.27. The van der Waals surface area contributed by atoms with E-state index in [1.807, 2.05) is 30.1 Å². The summed E-state index contributed by atoms with van der Waals surface area (Å²) in [4.78, 5) is 14.2. The van der Waals surface area contributed by atoms with Gasteiger partial charge < -0.3 is 10.6 Å². The van der Waals surface area contributed by atoms with Crippen LogP contribution in [-0.4, -0.2) is 30.4 Å². The fraction of sp³-hybridized carbons (Fsp3) is 0.611. The zero-order valence-corrected chi connectivity index (χ0v) is 14.1. The molecule has 21 heavy (non-hydrogen) atoms. The molecule has 2 N–H and O–H groups in total. The highest BCUT2D eigenvalue weighted by atomic mass is 16.2. The van der Waals surface area contributed by atoms with Crippen LogP contribution in [0.2, 0.25) is 0 Å². The highest BCUT2D eigenvalue weighted by molar-refractivity contribution is 5.77. The van der Waals surface area contributed by atoms with Gasteiger partial charge in [0, 0.05) is 26.1 Å². The molecule has 3 heteroatoms. The Kier molecular flexibility index (Phi) is 6.41. The molecule has 1 unspecified atom stereocenters. The predicted octanol–water partition coefficient (Wildman–Crippen LogP) is 3.19. The Hall–Kier alpha value is -1.35. The summed E-state index contributed by atoms with van der Waals surface area (Å²) >= 11 is 0. The van der Waals surface area contributed by atoms with Crippen LogP contribution >= 0.6 is 0 Å². The molecule has 0 aliphatic rings. The second-order valence-electron chi connectivity index (χ2n) is 6.94. The van der Waals surface area contributed by atoms with E-state index in [-0.39, 0.29) is 17.4 Å². The Morgan fingerprint density at radius 1 is 1.24 bits per heavy atom. The van der Waals surface area contributed by atoms with Crippen molar-refractivity contribution in [2.45, 2.75) is 52.0 Å². The number of carbonyl (C=O) groups excluding carboxylic acids is 1. The Balaban J connectivity index is 2.56. The summed E-state index contributed by atoms with van der Waals surface area (Å²) in [5, 5.41) is 0. The third-order valence-electron chi connectivity index (χ3n) is 4.23. The zero-order valence-electron chi connectivity index (χ0n) is 14.1. The first-order valence-corrected chi connectivity index (χ1v) is 7.79. The summed E-state index contributed by atoms with van der Waals surface area (Å²) in [6.07, 6.45) is 1.37. The van der Waals surface area contributed by atoms with E-state index in [1.165, 1.54) is 5.56 Å². The maximum absolute atomic E-state index is 12.4. The molecule has 0 aliphatic heterocycles. The van der Waals surface area contributed by atoms with Crippen LogP contribution in [-0.2, 0) is 10.2 Å². The Morgan fingerprint density at radius 2 is 1.81 bits per heavy atom. The number of rotatable bonds is 7.